The van der Waals surface area contributed by atoms with Gasteiger partial charge in [0, 0.05) is 23.1 Å². The van der Waals surface area contributed by atoms with E-state index in [1.807, 2.05) is 32.0 Å². The van der Waals surface area contributed by atoms with Gasteiger partial charge in [0.05, 0.1) is 0 Å². The van der Waals surface area contributed by atoms with Crippen LogP contribution < -0.4 is 5.32 Å². The molecule has 1 aromatic rings. The summed E-state index contributed by atoms with van der Waals surface area (Å²) in [6, 6.07) is 5.17. The lowest BCUT2D eigenvalue weighted by Gasteiger charge is -2.34. The molecule has 0 radical (unpaired) electrons. The molecule has 1 fully saturated rings. The third kappa shape index (κ3) is 2.81. The Kier molecular flexibility index (Phi) is 4.24. The van der Waals surface area contributed by atoms with Crippen molar-refractivity contribution in [1.82, 2.24) is 10.2 Å². The van der Waals surface area contributed by atoms with Gasteiger partial charge in [0.15, 0.2) is 0 Å². The zero-order valence-corrected chi connectivity index (χ0v) is 12.7. The van der Waals surface area contributed by atoms with Gasteiger partial charge in [-0.2, -0.15) is 0 Å². The van der Waals surface area contributed by atoms with E-state index < -0.39 is 0 Å². The molecule has 1 aliphatic heterocycles. The third-order valence-corrected chi connectivity index (χ3v) is 4.25. The average Bonchev–Trinajstić information content (AvgIpc) is 2.40. The van der Waals surface area contributed by atoms with Gasteiger partial charge >= 0.3 is 0 Å². The molecule has 1 saturated heterocycles. The SMILES string of the molecule is CCC1C(=O)NCCN1C(=O)c1ccc(C)c(Br)c1. The lowest BCUT2D eigenvalue weighted by Crippen LogP contribution is -2.56. The number of halogens is 1. The zero-order chi connectivity index (χ0) is 14.0. The Bertz CT molecular complexity index is 516. The van der Waals surface area contributed by atoms with Crippen molar-refractivity contribution in [3.05, 3.63) is 33.8 Å². The standard InChI is InChI=1S/C14H17BrN2O2/c1-3-12-13(18)16-6-7-17(12)14(19)10-5-4-9(2)11(15)8-10/h4-5,8,12H,3,6-7H2,1-2H3,(H,16,18). The highest BCUT2D eigenvalue weighted by atomic mass is 79.9. The second kappa shape index (κ2) is 5.74. The van der Waals surface area contributed by atoms with Crippen molar-refractivity contribution in [2.24, 2.45) is 0 Å². The van der Waals surface area contributed by atoms with Crippen molar-refractivity contribution in [3.8, 4) is 0 Å². The highest BCUT2D eigenvalue weighted by Gasteiger charge is 2.32. The molecular weight excluding hydrogens is 308 g/mol. The van der Waals surface area contributed by atoms with E-state index in [0.717, 1.165) is 10.0 Å². The zero-order valence-electron chi connectivity index (χ0n) is 11.1. The monoisotopic (exact) mass is 324 g/mol. The van der Waals surface area contributed by atoms with Gasteiger partial charge in [-0.15, -0.1) is 0 Å². The van der Waals surface area contributed by atoms with Crippen molar-refractivity contribution < 1.29 is 9.59 Å². The van der Waals surface area contributed by atoms with Crippen molar-refractivity contribution in [2.75, 3.05) is 13.1 Å². The second-order valence-corrected chi connectivity index (χ2v) is 5.53. The van der Waals surface area contributed by atoms with Crippen LogP contribution in [0, 0.1) is 6.92 Å². The molecule has 0 aliphatic carbocycles. The fourth-order valence-corrected chi connectivity index (χ4v) is 2.63. The number of rotatable bonds is 2. The van der Waals surface area contributed by atoms with E-state index >= 15 is 0 Å². The Morgan fingerprint density at radius 3 is 2.89 bits per heavy atom. The summed E-state index contributed by atoms with van der Waals surface area (Å²) in [7, 11) is 0. The minimum Gasteiger partial charge on any atom is -0.353 e. The fourth-order valence-electron chi connectivity index (χ4n) is 2.26. The van der Waals surface area contributed by atoms with Gasteiger partial charge in [0.25, 0.3) is 5.91 Å². The molecule has 102 valence electrons. The van der Waals surface area contributed by atoms with Crippen LogP contribution in [0.4, 0.5) is 0 Å². The number of hydrogen-bond acceptors (Lipinski definition) is 2. The van der Waals surface area contributed by atoms with E-state index in [0.29, 0.717) is 25.1 Å². The summed E-state index contributed by atoms with van der Waals surface area (Å²) in [4.78, 5) is 25.9. The number of hydrogen-bond donors (Lipinski definition) is 1. The molecule has 1 aromatic carbocycles. The molecular formula is C14H17BrN2O2. The highest BCUT2D eigenvalue weighted by molar-refractivity contribution is 9.10. The molecule has 19 heavy (non-hydrogen) atoms. The molecule has 0 bridgehead atoms. The summed E-state index contributed by atoms with van der Waals surface area (Å²) >= 11 is 3.43. The molecule has 5 heteroatoms. The Morgan fingerprint density at radius 1 is 1.53 bits per heavy atom. The topological polar surface area (TPSA) is 49.4 Å². The number of nitrogens with one attached hydrogen (secondary N) is 1. The number of carbonyl (C=O) groups excluding carboxylic acids is 2. The number of amides is 2. The molecule has 1 N–H and O–H groups in total. The summed E-state index contributed by atoms with van der Waals surface area (Å²) in [6.45, 7) is 4.98. The predicted molar refractivity (Wildman–Crippen MR) is 77.0 cm³/mol. The number of benzene rings is 1. The van der Waals surface area contributed by atoms with Crippen LogP contribution in [-0.4, -0.2) is 35.8 Å². The maximum atomic E-state index is 12.5. The number of aryl methyl sites for hydroxylation is 1. The summed E-state index contributed by atoms with van der Waals surface area (Å²) in [5.74, 6) is -0.143. The summed E-state index contributed by atoms with van der Waals surface area (Å²) in [5, 5.41) is 2.80. The van der Waals surface area contributed by atoms with Crippen molar-refractivity contribution >= 4 is 27.7 Å². The molecule has 4 nitrogen and oxygen atoms in total. The van der Waals surface area contributed by atoms with Gasteiger partial charge in [0.1, 0.15) is 6.04 Å². The molecule has 0 saturated carbocycles. The molecule has 1 heterocycles. The quantitative estimate of drug-likeness (QED) is 0.905. The van der Waals surface area contributed by atoms with Gasteiger partial charge in [-0.25, -0.2) is 0 Å². The highest BCUT2D eigenvalue weighted by Crippen LogP contribution is 2.20. The largest absolute Gasteiger partial charge is 0.353 e. The summed E-state index contributed by atoms with van der Waals surface area (Å²) in [6.07, 6.45) is 0.630. The van der Waals surface area contributed by atoms with Crippen LogP contribution in [0.15, 0.2) is 22.7 Å². The van der Waals surface area contributed by atoms with Gasteiger partial charge in [-0.1, -0.05) is 28.9 Å². The lowest BCUT2D eigenvalue weighted by molar-refractivity contribution is -0.127. The van der Waals surface area contributed by atoms with Gasteiger partial charge in [-0.05, 0) is 31.0 Å². The van der Waals surface area contributed by atoms with Crippen LogP contribution in [0.25, 0.3) is 0 Å². The van der Waals surface area contributed by atoms with Crippen LogP contribution >= 0.6 is 15.9 Å². The Labute approximate surface area is 121 Å². The van der Waals surface area contributed by atoms with E-state index in [-0.39, 0.29) is 17.9 Å². The molecule has 2 rings (SSSR count). The first kappa shape index (κ1) is 14.1. The van der Waals surface area contributed by atoms with Crippen LogP contribution in [0.2, 0.25) is 0 Å². The third-order valence-electron chi connectivity index (χ3n) is 3.40. The van der Waals surface area contributed by atoms with E-state index in [4.69, 9.17) is 0 Å². The first-order valence-electron chi connectivity index (χ1n) is 6.39. The minimum absolute atomic E-state index is 0.0618. The van der Waals surface area contributed by atoms with E-state index in [2.05, 4.69) is 21.2 Å². The Hall–Kier alpha value is -1.36. The van der Waals surface area contributed by atoms with Crippen LogP contribution in [0.3, 0.4) is 0 Å². The minimum atomic E-state index is -0.360. The number of nitrogens with zero attached hydrogens (tertiary/aromatic N) is 1. The molecule has 1 atom stereocenters. The summed E-state index contributed by atoms with van der Waals surface area (Å²) < 4.78 is 0.910. The van der Waals surface area contributed by atoms with Crippen molar-refractivity contribution in [3.63, 3.8) is 0 Å². The van der Waals surface area contributed by atoms with Gasteiger partial charge < -0.3 is 10.2 Å². The molecule has 0 spiro atoms. The van der Waals surface area contributed by atoms with Crippen LogP contribution in [0.5, 0.6) is 0 Å². The van der Waals surface area contributed by atoms with E-state index in [1.165, 1.54) is 0 Å². The maximum absolute atomic E-state index is 12.5. The summed E-state index contributed by atoms with van der Waals surface area (Å²) in [5.41, 5.74) is 1.70. The van der Waals surface area contributed by atoms with E-state index in [1.54, 1.807) is 4.90 Å². The Balaban J connectivity index is 2.26. The molecule has 0 aromatic heterocycles. The lowest BCUT2D eigenvalue weighted by atomic mass is 10.1. The van der Waals surface area contributed by atoms with Crippen LogP contribution in [0.1, 0.15) is 29.3 Å². The van der Waals surface area contributed by atoms with Crippen LogP contribution in [-0.2, 0) is 4.79 Å². The van der Waals surface area contributed by atoms with Gasteiger partial charge in [0.2, 0.25) is 5.91 Å². The smallest absolute Gasteiger partial charge is 0.254 e. The van der Waals surface area contributed by atoms with E-state index in [9.17, 15) is 9.59 Å². The predicted octanol–water partition coefficient (Wildman–Crippen LogP) is 2.11. The van der Waals surface area contributed by atoms with Gasteiger partial charge in [-0.3, -0.25) is 9.59 Å². The molecule has 1 aliphatic rings. The molecule has 2 amide bonds. The fraction of sp³-hybridized carbons (Fsp3) is 0.429. The maximum Gasteiger partial charge on any atom is 0.254 e. The normalized spacial score (nSPS) is 19.2. The van der Waals surface area contributed by atoms with Crippen molar-refractivity contribution in [2.45, 2.75) is 26.3 Å². The number of piperazine rings is 1. The first-order chi connectivity index (χ1) is 9.04. The Morgan fingerprint density at radius 2 is 2.26 bits per heavy atom. The molecule has 1 unspecified atom stereocenters. The second-order valence-electron chi connectivity index (χ2n) is 4.68. The van der Waals surface area contributed by atoms with Crippen molar-refractivity contribution in [1.29, 1.82) is 0 Å². The number of carbonyl (C=O) groups is 2. The first-order valence-corrected chi connectivity index (χ1v) is 7.18. The average molecular weight is 325 g/mol.